The average Bonchev–Trinajstić information content (AvgIpc) is 3.02. The number of benzene rings is 1. The lowest BCUT2D eigenvalue weighted by atomic mass is 10.1. The van der Waals surface area contributed by atoms with Crippen molar-refractivity contribution in [3.05, 3.63) is 45.1 Å². The molecule has 0 radical (unpaired) electrons. The van der Waals surface area contributed by atoms with Crippen molar-refractivity contribution >= 4 is 44.7 Å². The van der Waals surface area contributed by atoms with E-state index in [0.717, 1.165) is 39.2 Å². The number of aromatic nitrogens is 2. The lowest BCUT2D eigenvalue weighted by molar-refractivity contribution is 0.917. The molecule has 2 heterocycles. The van der Waals surface area contributed by atoms with Gasteiger partial charge in [-0.2, -0.15) is 0 Å². The van der Waals surface area contributed by atoms with Crippen LogP contribution in [0.25, 0.3) is 10.2 Å². The Kier molecular flexibility index (Phi) is 3.31. The minimum atomic E-state index is 0.766. The summed E-state index contributed by atoms with van der Waals surface area (Å²) >= 11 is 8.05. The minimum Gasteiger partial charge on any atom is -0.340 e. The topological polar surface area (TPSA) is 37.8 Å². The van der Waals surface area contributed by atoms with Gasteiger partial charge in [0.2, 0.25) is 0 Å². The van der Waals surface area contributed by atoms with Crippen molar-refractivity contribution in [2.24, 2.45) is 0 Å². The number of thiophene rings is 1. The molecular weight excluding hydrogens is 314 g/mol. The van der Waals surface area contributed by atoms with Crippen LogP contribution in [-0.2, 0) is 12.8 Å². The van der Waals surface area contributed by atoms with E-state index in [1.807, 2.05) is 43.4 Å². The second-order valence-electron chi connectivity index (χ2n) is 5.75. The lowest BCUT2D eigenvalue weighted by Crippen LogP contribution is -1.99. The van der Waals surface area contributed by atoms with Crippen molar-refractivity contribution in [1.29, 1.82) is 0 Å². The molecule has 1 aliphatic rings. The van der Waals surface area contributed by atoms with Crippen molar-refractivity contribution in [3.8, 4) is 0 Å². The van der Waals surface area contributed by atoms with E-state index in [9.17, 15) is 0 Å². The third-order valence-corrected chi connectivity index (χ3v) is 5.70. The second-order valence-corrected chi connectivity index (χ2v) is 7.24. The molecule has 112 valence electrons. The Labute approximate surface area is 138 Å². The van der Waals surface area contributed by atoms with E-state index in [1.165, 1.54) is 28.7 Å². The van der Waals surface area contributed by atoms with Crippen LogP contribution < -0.4 is 5.32 Å². The zero-order valence-corrected chi connectivity index (χ0v) is 14.1. The Morgan fingerprint density at radius 1 is 1.18 bits per heavy atom. The Balaban J connectivity index is 1.85. The van der Waals surface area contributed by atoms with Crippen LogP contribution in [0.3, 0.4) is 0 Å². The maximum Gasteiger partial charge on any atom is 0.143 e. The van der Waals surface area contributed by atoms with Gasteiger partial charge >= 0.3 is 0 Å². The van der Waals surface area contributed by atoms with Crippen LogP contribution in [0.15, 0.2) is 18.2 Å². The number of nitrogens with zero attached hydrogens (tertiary/aromatic N) is 2. The summed E-state index contributed by atoms with van der Waals surface area (Å²) in [6, 6.07) is 6.01. The summed E-state index contributed by atoms with van der Waals surface area (Å²) in [6.45, 7) is 3.95. The molecule has 4 rings (SSSR count). The molecule has 0 aliphatic heterocycles. The van der Waals surface area contributed by atoms with Crippen molar-refractivity contribution in [1.82, 2.24) is 9.97 Å². The summed E-state index contributed by atoms with van der Waals surface area (Å²) in [5.74, 6) is 1.70. The van der Waals surface area contributed by atoms with E-state index in [1.54, 1.807) is 0 Å². The molecule has 5 heteroatoms. The number of rotatable bonds is 2. The minimum absolute atomic E-state index is 0.766. The maximum absolute atomic E-state index is 6.23. The Bertz CT molecular complexity index is 885. The molecule has 0 unspecified atom stereocenters. The van der Waals surface area contributed by atoms with Gasteiger partial charge in [-0.05, 0) is 56.4 Å². The SMILES string of the molecule is Cc1nc(Nc2ccc(C)c(Cl)c2)c2c3c(sc2n1)CCC3. The number of halogens is 1. The fourth-order valence-corrected chi connectivity index (χ4v) is 4.49. The van der Waals surface area contributed by atoms with E-state index in [4.69, 9.17) is 11.6 Å². The highest BCUT2D eigenvalue weighted by molar-refractivity contribution is 7.19. The average molecular weight is 330 g/mol. The molecule has 3 nitrogen and oxygen atoms in total. The smallest absolute Gasteiger partial charge is 0.143 e. The van der Waals surface area contributed by atoms with Gasteiger partial charge in [0.15, 0.2) is 0 Å². The molecule has 0 saturated heterocycles. The van der Waals surface area contributed by atoms with Crippen LogP contribution in [0, 0.1) is 13.8 Å². The summed E-state index contributed by atoms with van der Waals surface area (Å²) in [5.41, 5.74) is 3.47. The van der Waals surface area contributed by atoms with Gasteiger partial charge in [-0.1, -0.05) is 17.7 Å². The van der Waals surface area contributed by atoms with Crippen LogP contribution in [-0.4, -0.2) is 9.97 Å². The van der Waals surface area contributed by atoms with E-state index in [2.05, 4.69) is 15.3 Å². The summed E-state index contributed by atoms with van der Waals surface area (Å²) in [7, 11) is 0. The first-order chi connectivity index (χ1) is 10.6. The molecule has 1 N–H and O–H groups in total. The Morgan fingerprint density at radius 2 is 2.05 bits per heavy atom. The molecule has 0 saturated carbocycles. The predicted molar refractivity (Wildman–Crippen MR) is 93.6 cm³/mol. The quantitative estimate of drug-likeness (QED) is 0.702. The number of hydrogen-bond acceptors (Lipinski definition) is 4. The highest BCUT2D eigenvalue weighted by Gasteiger charge is 2.21. The number of fused-ring (bicyclic) bond motifs is 3. The van der Waals surface area contributed by atoms with Gasteiger partial charge in [0, 0.05) is 15.6 Å². The van der Waals surface area contributed by atoms with Gasteiger partial charge in [0.05, 0.1) is 5.39 Å². The monoisotopic (exact) mass is 329 g/mol. The van der Waals surface area contributed by atoms with Crippen LogP contribution in [0.4, 0.5) is 11.5 Å². The highest BCUT2D eigenvalue weighted by atomic mass is 35.5. The van der Waals surface area contributed by atoms with E-state index in [-0.39, 0.29) is 0 Å². The zero-order valence-electron chi connectivity index (χ0n) is 12.5. The summed E-state index contributed by atoms with van der Waals surface area (Å²) < 4.78 is 0. The summed E-state index contributed by atoms with van der Waals surface area (Å²) in [5, 5.41) is 5.40. The van der Waals surface area contributed by atoms with E-state index >= 15 is 0 Å². The molecule has 0 amide bonds. The largest absolute Gasteiger partial charge is 0.340 e. The van der Waals surface area contributed by atoms with Crippen molar-refractivity contribution in [3.63, 3.8) is 0 Å². The molecule has 0 spiro atoms. The molecule has 0 bridgehead atoms. The van der Waals surface area contributed by atoms with Gasteiger partial charge < -0.3 is 5.32 Å². The van der Waals surface area contributed by atoms with Gasteiger partial charge in [0.1, 0.15) is 16.5 Å². The lowest BCUT2D eigenvalue weighted by Gasteiger charge is -2.10. The van der Waals surface area contributed by atoms with Gasteiger partial charge in [-0.25, -0.2) is 9.97 Å². The molecule has 1 aromatic carbocycles. The maximum atomic E-state index is 6.23. The molecule has 0 atom stereocenters. The fraction of sp³-hybridized carbons (Fsp3) is 0.294. The standard InChI is InChI=1S/C17H16ClN3S/c1-9-6-7-11(8-13(9)18)21-16-15-12-4-3-5-14(12)22-17(15)20-10(2)19-16/h6-8H,3-5H2,1-2H3,(H,19,20,21). The van der Waals surface area contributed by atoms with Crippen LogP contribution in [0.2, 0.25) is 5.02 Å². The van der Waals surface area contributed by atoms with Gasteiger partial charge in [0.25, 0.3) is 0 Å². The van der Waals surface area contributed by atoms with Gasteiger partial charge in [-0.15, -0.1) is 11.3 Å². The molecule has 1 aliphatic carbocycles. The highest BCUT2D eigenvalue weighted by Crippen LogP contribution is 2.40. The van der Waals surface area contributed by atoms with Crippen molar-refractivity contribution in [2.75, 3.05) is 5.32 Å². The van der Waals surface area contributed by atoms with Crippen LogP contribution in [0.5, 0.6) is 0 Å². The predicted octanol–water partition coefficient (Wildman–Crippen LogP) is 5.19. The van der Waals surface area contributed by atoms with Crippen molar-refractivity contribution < 1.29 is 0 Å². The van der Waals surface area contributed by atoms with Crippen LogP contribution in [0.1, 0.15) is 28.2 Å². The van der Waals surface area contributed by atoms with Gasteiger partial charge in [-0.3, -0.25) is 0 Å². The van der Waals surface area contributed by atoms with E-state index < -0.39 is 0 Å². The molecule has 22 heavy (non-hydrogen) atoms. The molecular formula is C17H16ClN3S. The second kappa shape index (κ2) is 5.21. The molecule has 3 aromatic rings. The Morgan fingerprint density at radius 3 is 2.86 bits per heavy atom. The first-order valence-corrected chi connectivity index (χ1v) is 8.63. The number of anilines is 2. The normalized spacial score (nSPS) is 13.6. The molecule has 0 fully saturated rings. The van der Waals surface area contributed by atoms with E-state index in [0.29, 0.717) is 0 Å². The third-order valence-electron chi connectivity index (χ3n) is 4.11. The molecule has 2 aromatic heterocycles. The first-order valence-electron chi connectivity index (χ1n) is 7.44. The Hall–Kier alpha value is -1.65. The zero-order chi connectivity index (χ0) is 15.3. The fourth-order valence-electron chi connectivity index (χ4n) is 3.00. The number of hydrogen-bond donors (Lipinski definition) is 1. The number of nitrogens with one attached hydrogen (secondary N) is 1. The van der Waals surface area contributed by atoms with Crippen molar-refractivity contribution in [2.45, 2.75) is 33.1 Å². The summed E-state index contributed by atoms with van der Waals surface area (Å²) in [6.07, 6.45) is 3.54. The third kappa shape index (κ3) is 2.27. The van der Waals surface area contributed by atoms with Crippen LogP contribution >= 0.6 is 22.9 Å². The number of aryl methyl sites for hydroxylation is 4. The summed E-state index contributed by atoms with van der Waals surface area (Å²) in [4.78, 5) is 11.8. The first kappa shape index (κ1) is 14.0.